The molecule has 0 unspecified atom stereocenters. The van der Waals surface area contributed by atoms with Gasteiger partial charge in [0.15, 0.2) is 0 Å². The number of rotatable bonds is 9. The molecule has 0 saturated heterocycles. The van der Waals surface area contributed by atoms with Gasteiger partial charge in [-0.15, -0.1) is 0 Å². The molecule has 1 atom stereocenters. The second-order valence-electron chi connectivity index (χ2n) is 12.5. The minimum Gasteiger partial charge on any atom is -0.364 e. The summed E-state index contributed by atoms with van der Waals surface area (Å²) in [5.74, 6) is -2.84. The van der Waals surface area contributed by atoms with Gasteiger partial charge in [-0.3, -0.25) is 14.7 Å². The summed E-state index contributed by atoms with van der Waals surface area (Å²) in [7, 11) is 0. The van der Waals surface area contributed by atoms with Gasteiger partial charge in [-0.05, 0) is 37.5 Å². The van der Waals surface area contributed by atoms with Crippen LogP contribution in [0.1, 0.15) is 111 Å². The quantitative estimate of drug-likeness (QED) is 0.229. The van der Waals surface area contributed by atoms with E-state index >= 15 is 8.78 Å². The van der Waals surface area contributed by atoms with Gasteiger partial charge in [0.05, 0.1) is 17.0 Å². The van der Waals surface area contributed by atoms with E-state index < -0.39 is 29.6 Å². The van der Waals surface area contributed by atoms with E-state index in [1.54, 1.807) is 13.8 Å². The van der Waals surface area contributed by atoms with E-state index in [4.69, 9.17) is 4.52 Å². The third-order valence-electron chi connectivity index (χ3n) is 9.29. The Morgan fingerprint density at radius 2 is 1.60 bits per heavy atom. The van der Waals surface area contributed by atoms with E-state index in [9.17, 15) is 9.59 Å². The Balaban J connectivity index is 1.49. The van der Waals surface area contributed by atoms with Crippen molar-refractivity contribution in [3.63, 3.8) is 0 Å². The summed E-state index contributed by atoms with van der Waals surface area (Å²) >= 11 is 0. The van der Waals surface area contributed by atoms with Crippen molar-refractivity contribution in [1.29, 1.82) is 0 Å². The van der Waals surface area contributed by atoms with Crippen LogP contribution in [0.25, 0.3) is 11.1 Å². The average Bonchev–Trinajstić information content (AvgIpc) is 3.61. The molecule has 0 aliphatic heterocycles. The van der Waals surface area contributed by atoms with Gasteiger partial charge >= 0.3 is 0 Å². The van der Waals surface area contributed by atoms with Crippen LogP contribution in [-0.4, -0.2) is 38.2 Å². The molecule has 2 amide bonds. The molecule has 3 aromatic heterocycles. The van der Waals surface area contributed by atoms with Gasteiger partial charge in [0.2, 0.25) is 11.9 Å². The predicted molar refractivity (Wildman–Crippen MR) is 158 cm³/mol. The Hall–Kier alpha value is -3.63. The van der Waals surface area contributed by atoms with Crippen LogP contribution in [0.3, 0.4) is 0 Å². The van der Waals surface area contributed by atoms with Crippen molar-refractivity contribution >= 4 is 17.6 Å². The van der Waals surface area contributed by atoms with Crippen molar-refractivity contribution in [2.45, 2.75) is 104 Å². The minimum absolute atomic E-state index is 0.0598. The highest BCUT2D eigenvalue weighted by atomic mass is 19.1. The average molecular weight is 597 g/mol. The number of carbonyl (C=O) groups is 2. The lowest BCUT2D eigenvalue weighted by Gasteiger charge is -2.41. The van der Waals surface area contributed by atoms with Gasteiger partial charge in [-0.25, -0.2) is 9.37 Å². The minimum atomic E-state index is -1.05. The number of hydrogen-bond acceptors (Lipinski definition) is 6. The zero-order chi connectivity index (χ0) is 30.7. The Morgan fingerprint density at radius 1 is 0.977 bits per heavy atom. The Morgan fingerprint density at radius 3 is 2.14 bits per heavy atom. The molecule has 0 aromatic carbocycles. The zero-order valence-corrected chi connectivity index (χ0v) is 25.4. The van der Waals surface area contributed by atoms with E-state index in [2.05, 4.69) is 31.0 Å². The highest BCUT2D eigenvalue weighted by molar-refractivity contribution is 6.01. The van der Waals surface area contributed by atoms with Crippen molar-refractivity contribution in [1.82, 2.24) is 25.7 Å². The normalized spacial score (nSPS) is 17.4. The highest BCUT2D eigenvalue weighted by Gasteiger charge is 2.42. The molecule has 232 valence electrons. The maximum atomic E-state index is 15.4. The molecule has 0 radical (unpaired) electrons. The molecule has 0 bridgehead atoms. The van der Waals surface area contributed by atoms with Crippen molar-refractivity contribution in [3.05, 3.63) is 46.7 Å². The second kappa shape index (κ2) is 13.3. The van der Waals surface area contributed by atoms with Crippen LogP contribution < -0.4 is 10.6 Å². The summed E-state index contributed by atoms with van der Waals surface area (Å²) in [4.78, 5) is 31.8. The molecule has 43 heavy (non-hydrogen) atoms. The summed E-state index contributed by atoms with van der Waals surface area (Å²) in [6.07, 6.45) is 11.8. The van der Waals surface area contributed by atoms with E-state index in [0.717, 1.165) is 70.3 Å². The summed E-state index contributed by atoms with van der Waals surface area (Å²) in [6, 6.07) is 0.0910. The smallest absolute Gasteiger partial charge is 0.257 e. The van der Waals surface area contributed by atoms with Crippen molar-refractivity contribution in [2.75, 3.05) is 5.32 Å². The van der Waals surface area contributed by atoms with E-state index in [0.29, 0.717) is 22.6 Å². The van der Waals surface area contributed by atoms with Crippen LogP contribution in [0.2, 0.25) is 0 Å². The summed E-state index contributed by atoms with van der Waals surface area (Å²) in [5, 5.41) is 16.5. The number of carbonyl (C=O) groups excluding carboxylic acids is 2. The van der Waals surface area contributed by atoms with Crippen LogP contribution in [0, 0.1) is 43.4 Å². The molecule has 11 heteroatoms. The number of nitrogens with one attached hydrogen (secondary N) is 3. The van der Waals surface area contributed by atoms with E-state index in [1.165, 1.54) is 6.26 Å². The van der Waals surface area contributed by atoms with Crippen LogP contribution in [-0.2, 0) is 4.79 Å². The molecule has 2 fully saturated rings. The van der Waals surface area contributed by atoms with Gasteiger partial charge in [0, 0.05) is 17.3 Å². The number of amides is 2. The Labute approximate surface area is 251 Å². The number of pyridine rings is 1. The van der Waals surface area contributed by atoms with Crippen LogP contribution in [0.15, 0.2) is 16.9 Å². The SMILES string of the molecule is Cc1n[nH]c(C)c1-c1c(F)cc(NC(=O)[C@@H](NC(=O)c2conc2C(C)C)C(C2CCCCC2)C2CCCCC2)nc1F. The number of nitrogens with zero attached hydrogens (tertiary/aromatic N) is 3. The lowest BCUT2D eigenvalue weighted by atomic mass is 9.66. The molecule has 3 heterocycles. The molecular formula is C32H42F2N6O3. The van der Waals surface area contributed by atoms with E-state index in [-0.39, 0.29) is 40.6 Å². The molecule has 5 rings (SSSR count). The number of hydrogen-bond donors (Lipinski definition) is 3. The third-order valence-corrected chi connectivity index (χ3v) is 9.29. The summed E-state index contributed by atoms with van der Waals surface area (Å²) < 4.78 is 35.8. The first-order chi connectivity index (χ1) is 20.7. The number of halogens is 2. The lowest BCUT2D eigenvalue weighted by molar-refractivity contribution is -0.121. The van der Waals surface area contributed by atoms with Crippen molar-refractivity contribution in [2.24, 2.45) is 17.8 Å². The van der Waals surface area contributed by atoms with E-state index in [1.807, 2.05) is 13.8 Å². The molecule has 9 nitrogen and oxygen atoms in total. The van der Waals surface area contributed by atoms with Gasteiger partial charge in [-0.1, -0.05) is 83.2 Å². The van der Waals surface area contributed by atoms with Crippen molar-refractivity contribution in [3.8, 4) is 11.1 Å². The number of aryl methyl sites for hydroxylation is 2. The topological polar surface area (TPSA) is 126 Å². The highest BCUT2D eigenvalue weighted by Crippen LogP contribution is 2.42. The maximum Gasteiger partial charge on any atom is 0.257 e. The molecular weight excluding hydrogens is 554 g/mol. The first-order valence-corrected chi connectivity index (χ1v) is 15.6. The fraction of sp³-hybridized carbons (Fsp3) is 0.594. The monoisotopic (exact) mass is 596 g/mol. The fourth-order valence-electron chi connectivity index (χ4n) is 7.25. The maximum absolute atomic E-state index is 15.4. The van der Waals surface area contributed by atoms with Crippen LogP contribution in [0.5, 0.6) is 0 Å². The zero-order valence-electron chi connectivity index (χ0n) is 25.4. The summed E-state index contributed by atoms with van der Waals surface area (Å²) in [5.41, 5.74) is 1.74. The van der Waals surface area contributed by atoms with Crippen LogP contribution in [0.4, 0.5) is 14.6 Å². The molecule has 0 spiro atoms. The molecule has 2 aliphatic rings. The fourth-order valence-corrected chi connectivity index (χ4v) is 7.25. The number of aromatic amines is 1. The molecule has 3 N–H and O–H groups in total. The lowest BCUT2D eigenvalue weighted by Crippen LogP contribution is -2.53. The number of H-pyrrole nitrogens is 1. The van der Waals surface area contributed by atoms with Gasteiger partial charge in [0.1, 0.15) is 29.5 Å². The Bertz CT molecular complexity index is 1380. The standard InChI is InChI=1S/C32H42F2N6O3/c1-17(2)28-22(16-43-40-28)31(41)37-29(26(20-11-7-5-8-12-20)21-13-9-6-10-14-21)32(42)36-24-15-23(33)27(30(34)35-24)25-18(3)38-39-19(25)4/h15-17,20-21,26,29H,5-14H2,1-4H3,(H,37,41)(H,38,39)(H,35,36,42)/t29-/m0/s1. The largest absolute Gasteiger partial charge is 0.364 e. The summed E-state index contributed by atoms with van der Waals surface area (Å²) in [6.45, 7) is 7.15. The third kappa shape index (κ3) is 6.65. The Kier molecular flexibility index (Phi) is 9.56. The number of aromatic nitrogens is 4. The first kappa shape index (κ1) is 30.8. The van der Waals surface area contributed by atoms with Gasteiger partial charge < -0.3 is 15.2 Å². The predicted octanol–water partition coefficient (Wildman–Crippen LogP) is 6.99. The van der Waals surface area contributed by atoms with Gasteiger partial charge in [0.25, 0.3) is 5.91 Å². The first-order valence-electron chi connectivity index (χ1n) is 15.6. The molecule has 3 aromatic rings. The molecule has 2 aliphatic carbocycles. The van der Waals surface area contributed by atoms with Crippen molar-refractivity contribution < 1.29 is 22.9 Å². The number of anilines is 1. The van der Waals surface area contributed by atoms with Crippen LogP contribution >= 0.6 is 0 Å². The molecule has 2 saturated carbocycles. The van der Waals surface area contributed by atoms with Gasteiger partial charge in [-0.2, -0.15) is 9.49 Å². The second-order valence-corrected chi connectivity index (χ2v) is 12.5.